The Balaban J connectivity index is 3.20. The minimum atomic E-state index is -0.0380. The van der Waals surface area contributed by atoms with Gasteiger partial charge in [0.05, 0.1) is 6.61 Å². The Hall–Kier alpha value is -0.790. The van der Waals surface area contributed by atoms with Crippen LogP contribution in [0, 0.1) is 0 Å². The molecular weight excluding hydrogens is 260 g/mol. The number of carbonyl (C=O) groups is 1. The van der Waals surface area contributed by atoms with Gasteiger partial charge < -0.3 is 4.74 Å². The van der Waals surface area contributed by atoms with E-state index in [0.717, 1.165) is 25.7 Å². The van der Waals surface area contributed by atoms with Crippen LogP contribution < -0.4 is 0 Å². The Morgan fingerprint density at radius 2 is 1.33 bits per heavy atom. The van der Waals surface area contributed by atoms with E-state index in [-0.39, 0.29) is 5.97 Å². The maximum Gasteiger partial charge on any atom is 0.305 e. The molecule has 0 rings (SSSR count). The number of esters is 1. The lowest BCUT2D eigenvalue weighted by Crippen LogP contribution is -2.04. The third-order valence-corrected chi connectivity index (χ3v) is 3.65. The van der Waals surface area contributed by atoms with E-state index in [0.29, 0.717) is 13.0 Å². The molecule has 0 N–H and O–H groups in total. The highest BCUT2D eigenvalue weighted by Gasteiger charge is 2.00. The van der Waals surface area contributed by atoms with E-state index in [4.69, 9.17) is 4.74 Å². The molecule has 0 aromatic heterocycles. The van der Waals surface area contributed by atoms with Gasteiger partial charge in [-0.05, 0) is 32.1 Å². The summed E-state index contributed by atoms with van der Waals surface area (Å²) in [5.41, 5.74) is 0. The van der Waals surface area contributed by atoms with Crippen molar-refractivity contribution >= 4 is 5.97 Å². The standard InChI is InChI=1S/C19H36O2/c1-3-5-7-8-9-10-11-12-13-14-15-16-17-19(20)21-18-6-4-2/h13-14H,3-12,15-18H2,1-2H3/b14-13+. The van der Waals surface area contributed by atoms with Crippen LogP contribution >= 0.6 is 0 Å². The summed E-state index contributed by atoms with van der Waals surface area (Å²) in [6, 6.07) is 0. The third kappa shape index (κ3) is 17.2. The quantitative estimate of drug-likeness (QED) is 0.204. The number of hydrogen-bond acceptors (Lipinski definition) is 2. The predicted octanol–water partition coefficient (Wildman–Crippen LogP) is 6.20. The van der Waals surface area contributed by atoms with E-state index in [1.807, 2.05) is 0 Å². The molecule has 0 aliphatic heterocycles. The van der Waals surface area contributed by atoms with Crippen LogP contribution in [-0.2, 0) is 9.53 Å². The summed E-state index contributed by atoms with van der Waals surface area (Å²) < 4.78 is 5.12. The average molecular weight is 296 g/mol. The Morgan fingerprint density at radius 1 is 0.762 bits per heavy atom. The van der Waals surface area contributed by atoms with E-state index in [1.165, 1.54) is 51.4 Å². The van der Waals surface area contributed by atoms with Crippen molar-refractivity contribution in [1.82, 2.24) is 0 Å². The molecule has 0 spiro atoms. The SMILES string of the molecule is CCCCCCCCC/C=C/CCCC(=O)OCCCC. The zero-order chi connectivity index (χ0) is 15.6. The lowest BCUT2D eigenvalue weighted by atomic mass is 10.1. The predicted molar refractivity (Wildman–Crippen MR) is 91.5 cm³/mol. The fourth-order valence-corrected chi connectivity index (χ4v) is 2.22. The Kier molecular flexibility index (Phi) is 16.6. The van der Waals surface area contributed by atoms with Crippen molar-refractivity contribution in [1.29, 1.82) is 0 Å². The summed E-state index contributed by atoms with van der Waals surface area (Å²) >= 11 is 0. The van der Waals surface area contributed by atoms with Gasteiger partial charge in [0, 0.05) is 6.42 Å². The van der Waals surface area contributed by atoms with Gasteiger partial charge in [0.1, 0.15) is 0 Å². The minimum Gasteiger partial charge on any atom is -0.466 e. The molecule has 0 aliphatic carbocycles. The van der Waals surface area contributed by atoms with Crippen LogP contribution in [0.25, 0.3) is 0 Å². The molecule has 0 aliphatic rings. The van der Waals surface area contributed by atoms with Crippen molar-refractivity contribution in [2.75, 3.05) is 6.61 Å². The van der Waals surface area contributed by atoms with Gasteiger partial charge in [0.2, 0.25) is 0 Å². The summed E-state index contributed by atoms with van der Waals surface area (Å²) in [5.74, 6) is -0.0380. The van der Waals surface area contributed by atoms with Gasteiger partial charge in [-0.25, -0.2) is 0 Å². The molecule has 0 bridgehead atoms. The minimum absolute atomic E-state index is 0.0380. The number of allylic oxidation sites excluding steroid dienone is 2. The lowest BCUT2D eigenvalue weighted by Gasteiger charge is -2.02. The topological polar surface area (TPSA) is 26.3 Å². The van der Waals surface area contributed by atoms with Gasteiger partial charge >= 0.3 is 5.97 Å². The summed E-state index contributed by atoms with van der Waals surface area (Å²) in [6.45, 7) is 4.95. The van der Waals surface area contributed by atoms with Crippen molar-refractivity contribution in [3.63, 3.8) is 0 Å². The van der Waals surface area contributed by atoms with E-state index >= 15 is 0 Å². The number of ether oxygens (including phenoxy) is 1. The molecule has 0 fully saturated rings. The van der Waals surface area contributed by atoms with Gasteiger partial charge in [-0.3, -0.25) is 4.79 Å². The third-order valence-electron chi connectivity index (χ3n) is 3.65. The fraction of sp³-hybridized carbons (Fsp3) is 0.842. The first-order valence-electron chi connectivity index (χ1n) is 9.11. The van der Waals surface area contributed by atoms with Crippen molar-refractivity contribution < 1.29 is 9.53 Å². The summed E-state index contributed by atoms with van der Waals surface area (Å²) in [4.78, 5) is 11.4. The largest absolute Gasteiger partial charge is 0.466 e. The first-order valence-corrected chi connectivity index (χ1v) is 9.11. The molecule has 0 aromatic rings. The summed E-state index contributed by atoms with van der Waals surface area (Å²) in [6.07, 6.45) is 19.8. The molecule has 0 amide bonds. The van der Waals surface area contributed by atoms with E-state index in [9.17, 15) is 4.79 Å². The van der Waals surface area contributed by atoms with Gasteiger partial charge in [-0.2, -0.15) is 0 Å². The van der Waals surface area contributed by atoms with Crippen LogP contribution in [0.1, 0.15) is 97.3 Å². The lowest BCUT2D eigenvalue weighted by molar-refractivity contribution is -0.143. The zero-order valence-electron chi connectivity index (χ0n) is 14.4. The highest BCUT2D eigenvalue weighted by molar-refractivity contribution is 5.69. The number of hydrogen-bond donors (Lipinski definition) is 0. The Morgan fingerprint density at radius 3 is 2.00 bits per heavy atom. The second kappa shape index (κ2) is 17.3. The summed E-state index contributed by atoms with van der Waals surface area (Å²) in [7, 11) is 0. The molecule has 0 saturated heterocycles. The fourth-order valence-electron chi connectivity index (χ4n) is 2.22. The second-order valence-electron chi connectivity index (χ2n) is 5.85. The first-order chi connectivity index (χ1) is 10.3. The van der Waals surface area contributed by atoms with Gasteiger partial charge in [-0.1, -0.05) is 70.9 Å². The van der Waals surface area contributed by atoms with Crippen molar-refractivity contribution in [3.8, 4) is 0 Å². The normalized spacial score (nSPS) is 11.1. The number of rotatable bonds is 15. The summed E-state index contributed by atoms with van der Waals surface area (Å²) in [5, 5.41) is 0. The van der Waals surface area contributed by atoms with Crippen LogP contribution in [0.2, 0.25) is 0 Å². The number of unbranched alkanes of at least 4 members (excludes halogenated alkanes) is 9. The first kappa shape index (κ1) is 20.2. The van der Waals surface area contributed by atoms with Crippen LogP contribution in [0.5, 0.6) is 0 Å². The van der Waals surface area contributed by atoms with Crippen LogP contribution in [0.4, 0.5) is 0 Å². The molecule has 21 heavy (non-hydrogen) atoms. The smallest absolute Gasteiger partial charge is 0.305 e. The number of carbonyl (C=O) groups excluding carboxylic acids is 1. The van der Waals surface area contributed by atoms with Crippen molar-refractivity contribution in [3.05, 3.63) is 12.2 Å². The molecule has 2 heteroatoms. The Bertz CT molecular complexity index is 246. The van der Waals surface area contributed by atoms with Gasteiger partial charge in [-0.15, -0.1) is 0 Å². The average Bonchev–Trinajstić information content (AvgIpc) is 2.48. The zero-order valence-corrected chi connectivity index (χ0v) is 14.4. The molecule has 0 saturated carbocycles. The van der Waals surface area contributed by atoms with Gasteiger partial charge in [0.15, 0.2) is 0 Å². The van der Waals surface area contributed by atoms with Gasteiger partial charge in [0.25, 0.3) is 0 Å². The molecule has 0 atom stereocenters. The van der Waals surface area contributed by atoms with E-state index < -0.39 is 0 Å². The maximum absolute atomic E-state index is 11.4. The maximum atomic E-state index is 11.4. The second-order valence-corrected chi connectivity index (χ2v) is 5.85. The van der Waals surface area contributed by atoms with Crippen LogP contribution in [-0.4, -0.2) is 12.6 Å². The molecule has 2 nitrogen and oxygen atoms in total. The highest BCUT2D eigenvalue weighted by atomic mass is 16.5. The molecule has 0 aromatic carbocycles. The molecule has 0 unspecified atom stereocenters. The molecule has 0 heterocycles. The highest BCUT2D eigenvalue weighted by Crippen LogP contribution is 2.09. The van der Waals surface area contributed by atoms with Crippen molar-refractivity contribution in [2.24, 2.45) is 0 Å². The van der Waals surface area contributed by atoms with E-state index in [1.54, 1.807) is 0 Å². The monoisotopic (exact) mass is 296 g/mol. The molecule has 124 valence electrons. The van der Waals surface area contributed by atoms with Crippen LogP contribution in [0.3, 0.4) is 0 Å². The van der Waals surface area contributed by atoms with E-state index in [2.05, 4.69) is 26.0 Å². The van der Waals surface area contributed by atoms with Crippen LogP contribution in [0.15, 0.2) is 12.2 Å². The molecule has 0 radical (unpaired) electrons. The molecular formula is C19H36O2. The Labute approximate surface area is 132 Å². The van der Waals surface area contributed by atoms with Crippen molar-refractivity contribution in [2.45, 2.75) is 97.3 Å².